The summed E-state index contributed by atoms with van der Waals surface area (Å²) in [6.07, 6.45) is 2.58. The van der Waals surface area contributed by atoms with E-state index in [0.29, 0.717) is 6.54 Å². The standard InChI is InChI=1S/C11H20N4O/c1-3-5-15(6-7-16)11-8-10(12-4-2)13-9-14-11/h8-9,16H,3-7H2,1-2H3,(H,12,13,14). The summed E-state index contributed by atoms with van der Waals surface area (Å²) in [7, 11) is 0. The molecule has 1 aromatic heterocycles. The molecule has 1 rings (SSSR count). The SMILES string of the molecule is CCCN(CCO)c1cc(NCC)ncn1. The number of hydrogen-bond donors (Lipinski definition) is 2. The second kappa shape index (κ2) is 7.00. The average molecular weight is 224 g/mol. The molecule has 1 heterocycles. The molecule has 0 saturated heterocycles. The smallest absolute Gasteiger partial charge is 0.134 e. The van der Waals surface area contributed by atoms with Gasteiger partial charge in [0, 0.05) is 25.7 Å². The van der Waals surface area contributed by atoms with Crippen LogP contribution in [0.1, 0.15) is 20.3 Å². The predicted molar refractivity (Wildman–Crippen MR) is 65.8 cm³/mol. The maximum atomic E-state index is 9.00. The van der Waals surface area contributed by atoms with Crippen molar-refractivity contribution in [3.8, 4) is 0 Å². The van der Waals surface area contributed by atoms with Gasteiger partial charge in [0.1, 0.15) is 18.0 Å². The van der Waals surface area contributed by atoms with Gasteiger partial charge in [-0.15, -0.1) is 0 Å². The summed E-state index contributed by atoms with van der Waals surface area (Å²) in [6, 6.07) is 1.91. The quantitative estimate of drug-likeness (QED) is 0.726. The number of nitrogens with zero attached hydrogens (tertiary/aromatic N) is 3. The van der Waals surface area contributed by atoms with Crippen LogP contribution in [-0.4, -0.2) is 41.3 Å². The highest BCUT2D eigenvalue weighted by atomic mass is 16.3. The minimum Gasteiger partial charge on any atom is -0.395 e. The van der Waals surface area contributed by atoms with Crippen LogP contribution in [0.4, 0.5) is 11.6 Å². The second-order valence-corrected chi connectivity index (χ2v) is 3.50. The Morgan fingerprint density at radius 2 is 2.12 bits per heavy atom. The van der Waals surface area contributed by atoms with Crippen LogP contribution in [0.3, 0.4) is 0 Å². The van der Waals surface area contributed by atoms with Gasteiger partial charge in [-0.2, -0.15) is 0 Å². The highest BCUT2D eigenvalue weighted by molar-refractivity contribution is 5.48. The first-order chi connectivity index (χ1) is 7.81. The third kappa shape index (κ3) is 3.66. The molecule has 0 fully saturated rings. The van der Waals surface area contributed by atoms with E-state index in [0.717, 1.165) is 31.1 Å². The first-order valence-electron chi connectivity index (χ1n) is 5.73. The van der Waals surface area contributed by atoms with Crippen LogP contribution in [0.15, 0.2) is 12.4 Å². The topological polar surface area (TPSA) is 61.3 Å². The van der Waals surface area contributed by atoms with Crippen LogP contribution in [-0.2, 0) is 0 Å². The monoisotopic (exact) mass is 224 g/mol. The fraction of sp³-hybridized carbons (Fsp3) is 0.636. The molecule has 0 bridgehead atoms. The Hall–Kier alpha value is -1.36. The van der Waals surface area contributed by atoms with E-state index in [9.17, 15) is 0 Å². The van der Waals surface area contributed by atoms with Gasteiger partial charge in [0.2, 0.25) is 0 Å². The Balaban J connectivity index is 2.77. The number of rotatable bonds is 7. The van der Waals surface area contributed by atoms with Crippen LogP contribution in [0, 0.1) is 0 Å². The summed E-state index contributed by atoms with van der Waals surface area (Å²) in [6.45, 7) is 6.61. The van der Waals surface area contributed by atoms with Gasteiger partial charge in [-0.25, -0.2) is 9.97 Å². The Bertz CT molecular complexity index is 300. The third-order valence-electron chi connectivity index (χ3n) is 2.20. The zero-order chi connectivity index (χ0) is 11.8. The van der Waals surface area contributed by atoms with Gasteiger partial charge in [0.05, 0.1) is 6.61 Å². The normalized spacial score (nSPS) is 10.2. The number of aliphatic hydroxyl groups is 1. The predicted octanol–water partition coefficient (Wildman–Crippen LogP) is 1.12. The molecular formula is C11H20N4O. The van der Waals surface area contributed by atoms with E-state index in [1.807, 2.05) is 13.0 Å². The molecule has 5 heteroatoms. The Morgan fingerprint density at radius 3 is 2.75 bits per heavy atom. The number of aliphatic hydroxyl groups excluding tert-OH is 1. The minimum atomic E-state index is 0.139. The highest BCUT2D eigenvalue weighted by Gasteiger charge is 2.07. The first kappa shape index (κ1) is 12.7. The van der Waals surface area contributed by atoms with Crippen molar-refractivity contribution in [3.05, 3.63) is 12.4 Å². The summed E-state index contributed by atoms with van der Waals surface area (Å²) in [5.41, 5.74) is 0. The van der Waals surface area contributed by atoms with E-state index >= 15 is 0 Å². The maximum absolute atomic E-state index is 9.00. The van der Waals surface area contributed by atoms with E-state index in [1.54, 1.807) is 6.33 Å². The van der Waals surface area contributed by atoms with Crippen molar-refractivity contribution in [2.75, 3.05) is 36.5 Å². The van der Waals surface area contributed by atoms with Gasteiger partial charge in [0.15, 0.2) is 0 Å². The fourth-order valence-electron chi connectivity index (χ4n) is 1.53. The minimum absolute atomic E-state index is 0.139. The second-order valence-electron chi connectivity index (χ2n) is 3.50. The highest BCUT2D eigenvalue weighted by Crippen LogP contribution is 2.13. The largest absolute Gasteiger partial charge is 0.395 e. The van der Waals surface area contributed by atoms with E-state index < -0.39 is 0 Å². The molecule has 1 aromatic rings. The van der Waals surface area contributed by atoms with E-state index in [4.69, 9.17) is 5.11 Å². The van der Waals surface area contributed by atoms with Gasteiger partial charge in [0.25, 0.3) is 0 Å². The zero-order valence-corrected chi connectivity index (χ0v) is 9.98. The molecule has 2 N–H and O–H groups in total. The summed E-state index contributed by atoms with van der Waals surface area (Å²) in [5, 5.41) is 12.1. The average Bonchev–Trinajstić information content (AvgIpc) is 2.30. The lowest BCUT2D eigenvalue weighted by Crippen LogP contribution is -2.28. The molecule has 0 aromatic carbocycles. The van der Waals surface area contributed by atoms with Crippen LogP contribution >= 0.6 is 0 Å². The molecule has 5 nitrogen and oxygen atoms in total. The van der Waals surface area contributed by atoms with E-state index in [-0.39, 0.29) is 6.61 Å². The van der Waals surface area contributed by atoms with Crippen LogP contribution < -0.4 is 10.2 Å². The lowest BCUT2D eigenvalue weighted by Gasteiger charge is -2.22. The molecule has 0 aliphatic carbocycles. The number of anilines is 2. The molecule has 0 spiro atoms. The lowest BCUT2D eigenvalue weighted by atomic mass is 10.3. The molecule has 0 saturated carbocycles. The molecule has 0 aliphatic rings. The van der Waals surface area contributed by atoms with Crippen LogP contribution in [0.2, 0.25) is 0 Å². The molecule has 90 valence electrons. The lowest BCUT2D eigenvalue weighted by molar-refractivity contribution is 0.301. The molecule has 16 heavy (non-hydrogen) atoms. The van der Waals surface area contributed by atoms with Crippen molar-refractivity contribution in [2.45, 2.75) is 20.3 Å². The van der Waals surface area contributed by atoms with Gasteiger partial charge >= 0.3 is 0 Å². The van der Waals surface area contributed by atoms with Crippen molar-refractivity contribution in [2.24, 2.45) is 0 Å². The summed E-state index contributed by atoms with van der Waals surface area (Å²) in [5.74, 6) is 1.69. The van der Waals surface area contributed by atoms with Gasteiger partial charge in [-0.05, 0) is 13.3 Å². The molecule has 0 unspecified atom stereocenters. The van der Waals surface area contributed by atoms with Gasteiger partial charge in [-0.3, -0.25) is 0 Å². The number of hydrogen-bond acceptors (Lipinski definition) is 5. The van der Waals surface area contributed by atoms with Crippen molar-refractivity contribution in [1.29, 1.82) is 0 Å². The first-order valence-corrected chi connectivity index (χ1v) is 5.73. The van der Waals surface area contributed by atoms with Crippen molar-refractivity contribution in [3.63, 3.8) is 0 Å². The maximum Gasteiger partial charge on any atom is 0.134 e. The third-order valence-corrected chi connectivity index (χ3v) is 2.20. The zero-order valence-electron chi connectivity index (χ0n) is 9.98. The van der Waals surface area contributed by atoms with E-state index in [2.05, 4.69) is 27.1 Å². The summed E-state index contributed by atoms with van der Waals surface area (Å²) < 4.78 is 0. The molecule has 0 amide bonds. The number of aromatic nitrogens is 2. The van der Waals surface area contributed by atoms with Crippen molar-refractivity contribution < 1.29 is 5.11 Å². The van der Waals surface area contributed by atoms with Gasteiger partial charge in [-0.1, -0.05) is 6.92 Å². The van der Waals surface area contributed by atoms with Crippen LogP contribution in [0.5, 0.6) is 0 Å². The Labute approximate surface area is 96.5 Å². The van der Waals surface area contributed by atoms with Gasteiger partial charge < -0.3 is 15.3 Å². The summed E-state index contributed by atoms with van der Waals surface area (Å²) >= 11 is 0. The van der Waals surface area contributed by atoms with E-state index in [1.165, 1.54) is 0 Å². The van der Waals surface area contributed by atoms with Crippen LogP contribution in [0.25, 0.3) is 0 Å². The molecule has 0 aliphatic heterocycles. The van der Waals surface area contributed by atoms with Crippen molar-refractivity contribution >= 4 is 11.6 Å². The van der Waals surface area contributed by atoms with Crippen molar-refractivity contribution in [1.82, 2.24) is 9.97 Å². The Kier molecular flexibility index (Phi) is 5.56. The fourth-order valence-corrected chi connectivity index (χ4v) is 1.53. The molecule has 0 atom stereocenters. The number of nitrogens with one attached hydrogen (secondary N) is 1. The molecular weight excluding hydrogens is 204 g/mol. The summed E-state index contributed by atoms with van der Waals surface area (Å²) in [4.78, 5) is 10.4. The molecule has 0 radical (unpaired) electrons. The Morgan fingerprint density at radius 1 is 1.31 bits per heavy atom.